The first-order valence-electron chi connectivity index (χ1n) is 6.62. The average Bonchev–Trinajstić information content (AvgIpc) is 2.83. The van der Waals surface area contributed by atoms with E-state index in [1.165, 1.54) is 0 Å². The number of aromatic carboxylic acids is 1. The van der Waals surface area contributed by atoms with Crippen molar-refractivity contribution in [1.29, 1.82) is 0 Å². The van der Waals surface area contributed by atoms with E-state index in [1.807, 2.05) is 16.7 Å². The van der Waals surface area contributed by atoms with Gasteiger partial charge in [-0.05, 0) is 31.0 Å². The van der Waals surface area contributed by atoms with Crippen molar-refractivity contribution in [1.82, 2.24) is 9.55 Å². The largest absolute Gasteiger partial charge is 0.493 e. The molecule has 1 N–H and O–H groups in total. The van der Waals surface area contributed by atoms with Crippen LogP contribution in [0, 0.1) is 6.92 Å². The maximum absolute atomic E-state index is 11.3. The Morgan fingerprint density at radius 1 is 1.29 bits per heavy atom. The molecule has 0 spiro atoms. The van der Waals surface area contributed by atoms with Gasteiger partial charge in [-0.3, -0.25) is 0 Å². The van der Waals surface area contributed by atoms with Gasteiger partial charge in [0.2, 0.25) is 0 Å². The molecule has 1 aromatic heterocycles. The fourth-order valence-electron chi connectivity index (χ4n) is 2.78. The Morgan fingerprint density at radius 3 is 2.57 bits per heavy atom. The molecule has 1 aliphatic rings. The first kappa shape index (κ1) is 13.5. The monoisotopic (exact) mass is 288 g/mol. The van der Waals surface area contributed by atoms with Crippen LogP contribution >= 0.6 is 0 Å². The van der Waals surface area contributed by atoms with E-state index in [1.54, 1.807) is 21.1 Å². The van der Waals surface area contributed by atoms with Gasteiger partial charge in [-0.25, -0.2) is 9.78 Å². The molecule has 2 heterocycles. The minimum absolute atomic E-state index is 0.104. The Balaban J connectivity index is 2.22. The number of hydrogen-bond donors (Lipinski definition) is 1. The number of aryl methyl sites for hydroxylation is 1. The minimum Gasteiger partial charge on any atom is -0.493 e. The molecule has 6 nitrogen and oxygen atoms in total. The second-order valence-corrected chi connectivity index (χ2v) is 4.94. The molecular formula is C15H16N2O4. The van der Waals surface area contributed by atoms with E-state index in [0.29, 0.717) is 29.6 Å². The van der Waals surface area contributed by atoms with Crippen LogP contribution in [0.15, 0.2) is 12.1 Å². The number of carbonyl (C=O) groups is 1. The first-order valence-corrected chi connectivity index (χ1v) is 6.62. The Bertz CT molecular complexity index is 734. The Morgan fingerprint density at radius 2 is 1.95 bits per heavy atom. The van der Waals surface area contributed by atoms with Crippen molar-refractivity contribution in [3.8, 4) is 22.9 Å². The quantitative estimate of drug-likeness (QED) is 0.936. The Hall–Kier alpha value is -2.50. The molecule has 110 valence electrons. The number of carboxylic acids is 1. The molecule has 21 heavy (non-hydrogen) atoms. The predicted molar refractivity (Wildman–Crippen MR) is 76.2 cm³/mol. The number of nitrogens with zero attached hydrogens (tertiary/aromatic N) is 2. The summed E-state index contributed by atoms with van der Waals surface area (Å²) in [6, 6.07) is 3.79. The lowest BCUT2D eigenvalue weighted by Gasteiger charge is -2.21. The van der Waals surface area contributed by atoms with E-state index in [-0.39, 0.29) is 5.69 Å². The maximum atomic E-state index is 11.3. The van der Waals surface area contributed by atoms with Gasteiger partial charge in [-0.15, -0.1) is 0 Å². The highest BCUT2D eigenvalue weighted by molar-refractivity contribution is 5.88. The molecule has 0 atom stereocenters. The normalized spacial score (nSPS) is 12.5. The molecule has 1 aromatic carbocycles. The fraction of sp³-hybridized carbons (Fsp3) is 0.333. The lowest BCUT2D eigenvalue weighted by Crippen LogP contribution is -2.13. The lowest BCUT2D eigenvalue weighted by molar-refractivity contribution is 0.0690. The summed E-state index contributed by atoms with van der Waals surface area (Å²) < 4.78 is 12.6. The number of ether oxygens (including phenoxy) is 2. The van der Waals surface area contributed by atoms with E-state index in [9.17, 15) is 9.90 Å². The SMILES string of the molecule is COc1cc2c(cc1OC)-c1nc(C(=O)O)c(C)n1CC2. The molecule has 0 bridgehead atoms. The maximum Gasteiger partial charge on any atom is 0.356 e. The number of rotatable bonds is 3. The molecule has 0 radical (unpaired) electrons. The molecule has 3 rings (SSSR count). The molecule has 0 saturated heterocycles. The molecule has 0 amide bonds. The summed E-state index contributed by atoms with van der Waals surface area (Å²) in [5, 5.41) is 9.23. The molecular weight excluding hydrogens is 272 g/mol. The van der Waals surface area contributed by atoms with Gasteiger partial charge < -0.3 is 19.1 Å². The summed E-state index contributed by atoms with van der Waals surface area (Å²) in [5.41, 5.74) is 2.77. The number of benzene rings is 1. The zero-order chi connectivity index (χ0) is 15.1. The van der Waals surface area contributed by atoms with Crippen LogP contribution in [0.3, 0.4) is 0 Å². The van der Waals surface area contributed by atoms with Gasteiger partial charge in [-0.2, -0.15) is 0 Å². The number of carboxylic acid groups (broad SMARTS) is 1. The predicted octanol–water partition coefficient (Wildman–Crippen LogP) is 2.13. The molecule has 6 heteroatoms. The summed E-state index contributed by atoms with van der Waals surface area (Å²) >= 11 is 0. The third-order valence-electron chi connectivity index (χ3n) is 3.88. The highest BCUT2D eigenvalue weighted by Crippen LogP contribution is 2.38. The molecule has 1 aliphatic heterocycles. The molecule has 2 aromatic rings. The zero-order valence-corrected chi connectivity index (χ0v) is 12.1. The minimum atomic E-state index is -1.00. The van der Waals surface area contributed by atoms with Crippen LogP contribution in [0.1, 0.15) is 21.7 Å². The topological polar surface area (TPSA) is 73.6 Å². The summed E-state index contributed by atoms with van der Waals surface area (Å²) in [6.45, 7) is 2.50. The second kappa shape index (κ2) is 4.80. The van der Waals surface area contributed by atoms with Crippen molar-refractivity contribution in [2.45, 2.75) is 19.9 Å². The number of aromatic nitrogens is 2. The summed E-state index contributed by atoms with van der Waals surface area (Å²) in [4.78, 5) is 15.5. The van der Waals surface area contributed by atoms with Crippen molar-refractivity contribution in [2.75, 3.05) is 14.2 Å². The van der Waals surface area contributed by atoms with Crippen LogP contribution in [0.4, 0.5) is 0 Å². The highest BCUT2D eigenvalue weighted by Gasteiger charge is 2.26. The number of imidazole rings is 1. The van der Waals surface area contributed by atoms with Crippen molar-refractivity contribution in [2.24, 2.45) is 0 Å². The van der Waals surface area contributed by atoms with Gasteiger partial charge in [0, 0.05) is 17.8 Å². The van der Waals surface area contributed by atoms with Crippen LogP contribution in [-0.4, -0.2) is 34.8 Å². The fourth-order valence-corrected chi connectivity index (χ4v) is 2.78. The summed E-state index contributed by atoms with van der Waals surface area (Å²) in [6.07, 6.45) is 0.805. The van der Waals surface area contributed by atoms with Crippen molar-refractivity contribution in [3.63, 3.8) is 0 Å². The zero-order valence-electron chi connectivity index (χ0n) is 12.1. The van der Waals surface area contributed by atoms with Crippen LogP contribution in [-0.2, 0) is 13.0 Å². The number of hydrogen-bond acceptors (Lipinski definition) is 4. The van der Waals surface area contributed by atoms with Crippen LogP contribution in [0.25, 0.3) is 11.4 Å². The van der Waals surface area contributed by atoms with Gasteiger partial charge in [0.1, 0.15) is 5.82 Å². The van der Waals surface area contributed by atoms with E-state index in [0.717, 1.165) is 17.5 Å². The van der Waals surface area contributed by atoms with Crippen LogP contribution in [0.5, 0.6) is 11.5 Å². The average molecular weight is 288 g/mol. The van der Waals surface area contributed by atoms with Crippen LogP contribution < -0.4 is 9.47 Å². The summed E-state index contributed by atoms with van der Waals surface area (Å²) in [5.74, 6) is 0.956. The van der Waals surface area contributed by atoms with E-state index >= 15 is 0 Å². The van der Waals surface area contributed by atoms with E-state index in [4.69, 9.17) is 9.47 Å². The van der Waals surface area contributed by atoms with Gasteiger partial charge in [0.05, 0.1) is 14.2 Å². The van der Waals surface area contributed by atoms with Crippen molar-refractivity contribution < 1.29 is 19.4 Å². The van der Waals surface area contributed by atoms with Gasteiger partial charge in [-0.1, -0.05) is 0 Å². The van der Waals surface area contributed by atoms with Gasteiger partial charge in [0.15, 0.2) is 17.2 Å². The third-order valence-corrected chi connectivity index (χ3v) is 3.88. The molecule has 0 saturated carbocycles. The Labute approximate surface area is 121 Å². The first-order chi connectivity index (χ1) is 10.1. The van der Waals surface area contributed by atoms with E-state index in [2.05, 4.69) is 4.98 Å². The smallest absolute Gasteiger partial charge is 0.356 e. The summed E-state index contributed by atoms with van der Waals surface area (Å²) in [7, 11) is 3.17. The van der Waals surface area contributed by atoms with Crippen molar-refractivity contribution >= 4 is 5.97 Å². The molecule has 0 aliphatic carbocycles. The third kappa shape index (κ3) is 1.94. The lowest BCUT2D eigenvalue weighted by atomic mass is 9.99. The second-order valence-electron chi connectivity index (χ2n) is 4.94. The van der Waals surface area contributed by atoms with E-state index < -0.39 is 5.97 Å². The van der Waals surface area contributed by atoms with Crippen molar-refractivity contribution in [3.05, 3.63) is 29.1 Å². The highest BCUT2D eigenvalue weighted by atomic mass is 16.5. The molecule has 0 fully saturated rings. The van der Waals surface area contributed by atoms with Gasteiger partial charge >= 0.3 is 5.97 Å². The molecule has 0 unspecified atom stereocenters. The number of methoxy groups -OCH3 is 2. The van der Waals surface area contributed by atoms with Gasteiger partial charge in [0.25, 0.3) is 0 Å². The number of fused-ring (bicyclic) bond motifs is 3. The Kier molecular flexibility index (Phi) is 3.08. The standard InChI is InChI=1S/C15H16N2O4/c1-8-13(15(18)19)16-14-10-7-12(21-3)11(20-2)6-9(10)4-5-17(8)14/h6-7H,4-5H2,1-3H3,(H,18,19). The van der Waals surface area contributed by atoms with Crippen LogP contribution in [0.2, 0.25) is 0 Å².